The van der Waals surface area contributed by atoms with Gasteiger partial charge in [-0.2, -0.15) is 0 Å². The molecule has 116 valence electrons. The third kappa shape index (κ3) is 4.58. The highest BCUT2D eigenvalue weighted by Crippen LogP contribution is 2.20. The van der Waals surface area contributed by atoms with Gasteiger partial charge in [0.1, 0.15) is 0 Å². The molecule has 2 aromatic carbocycles. The SMILES string of the molecule is CC[C@H](NC(=O)C[C@H](N)c1ccccc1)c1ccc(Cl)cc1. The van der Waals surface area contributed by atoms with Gasteiger partial charge in [-0.05, 0) is 29.7 Å². The van der Waals surface area contributed by atoms with Crippen molar-refractivity contribution in [3.63, 3.8) is 0 Å². The molecule has 4 heteroatoms. The lowest BCUT2D eigenvalue weighted by Crippen LogP contribution is -2.30. The number of amides is 1. The molecule has 2 aromatic rings. The van der Waals surface area contributed by atoms with Gasteiger partial charge >= 0.3 is 0 Å². The summed E-state index contributed by atoms with van der Waals surface area (Å²) in [7, 11) is 0. The Balaban J connectivity index is 1.96. The van der Waals surface area contributed by atoms with Crippen LogP contribution in [0.15, 0.2) is 54.6 Å². The van der Waals surface area contributed by atoms with Crippen LogP contribution in [0.25, 0.3) is 0 Å². The molecule has 0 bridgehead atoms. The number of hydrogen-bond acceptors (Lipinski definition) is 2. The number of nitrogens with two attached hydrogens (primary N) is 1. The molecule has 22 heavy (non-hydrogen) atoms. The van der Waals surface area contributed by atoms with Crippen LogP contribution in [0, 0.1) is 0 Å². The summed E-state index contributed by atoms with van der Waals surface area (Å²) in [5, 5.41) is 3.73. The predicted octanol–water partition coefficient (Wildman–Crippen LogP) is 4.00. The molecule has 0 fully saturated rings. The van der Waals surface area contributed by atoms with E-state index in [1.807, 2.05) is 61.5 Å². The standard InChI is InChI=1S/C18H21ClN2O/c1-2-17(14-8-10-15(19)11-9-14)21-18(22)12-16(20)13-6-4-3-5-7-13/h3-11,16-17H,2,12,20H2,1H3,(H,21,22)/t16-,17-/m0/s1. The normalized spacial score (nSPS) is 13.4. The van der Waals surface area contributed by atoms with Crippen molar-refractivity contribution < 1.29 is 4.79 Å². The summed E-state index contributed by atoms with van der Waals surface area (Å²) in [5.41, 5.74) is 8.11. The van der Waals surface area contributed by atoms with E-state index < -0.39 is 0 Å². The first-order valence-electron chi connectivity index (χ1n) is 7.45. The third-order valence-electron chi connectivity index (χ3n) is 3.65. The van der Waals surface area contributed by atoms with Crippen LogP contribution in [0.1, 0.15) is 43.0 Å². The largest absolute Gasteiger partial charge is 0.349 e. The van der Waals surface area contributed by atoms with Crippen molar-refractivity contribution in [2.75, 3.05) is 0 Å². The van der Waals surface area contributed by atoms with Gasteiger partial charge in [-0.1, -0.05) is 61.0 Å². The number of nitrogens with one attached hydrogen (secondary N) is 1. The second-order valence-electron chi connectivity index (χ2n) is 5.30. The van der Waals surface area contributed by atoms with Gasteiger partial charge in [0.15, 0.2) is 0 Å². The maximum Gasteiger partial charge on any atom is 0.222 e. The van der Waals surface area contributed by atoms with E-state index in [9.17, 15) is 4.79 Å². The lowest BCUT2D eigenvalue weighted by atomic mass is 10.0. The van der Waals surface area contributed by atoms with Gasteiger partial charge in [-0.3, -0.25) is 4.79 Å². The van der Waals surface area contributed by atoms with E-state index in [0.29, 0.717) is 5.02 Å². The Morgan fingerprint density at radius 1 is 1.09 bits per heavy atom. The Bertz CT molecular complexity index is 598. The minimum Gasteiger partial charge on any atom is -0.349 e. The van der Waals surface area contributed by atoms with Crippen LogP contribution < -0.4 is 11.1 Å². The summed E-state index contributed by atoms with van der Waals surface area (Å²) in [6.07, 6.45) is 1.09. The van der Waals surface area contributed by atoms with Crippen LogP contribution in [-0.4, -0.2) is 5.91 Å². The Hall–Kier alpha value is -1.84. The quantitative estimate of drug-likeness (QED) is 0.846. The molecule has 2 rings (SSSR count). The second-order valence-corrected chi connectivity index (χ2v) is 5.74. The van der Waals surface area contributed by atoms with E-state index in [1.165, 1.54) is 0 Å². The predicted molar refractivity (Wildman–Crippen MR) is 90.6 cm³/mol. The van der Waals surface area contributed by atoms with Crippen LogP contribution >= 0.6 is 11.6 Å². The minimum atomic E-state index is -0.288. The summed E-state index contributed by atoms with van der Waals surface area (Å²) in [6.45, 7) is 2.04. The van der Waals surface area contributed by atoms with Gasteiger partial charge in [0.2, 0.25) is 5.91 Å². The number of halogens is 1. The lowest BCUT2D eigenvalue weighted by molar-refractivity contribution is -0.122. The van der Waals surface area contributed by atoms with Crippen molar-refractivity contribution in [2.24, 2.45) is 5.73 Å². The van der Waals surface area contributed by atoms with Gasteiger partial charge in [0.25, 0.3) is 0 Å². The summed E-state index contributed by atoms with van der Waals surface area (Å²) in [4.78, 5) is 12.2. The van der Waals surface area contributed by atoms with Gasteiger partial charge in [-0.15, -0.1) is 0 Å². The Labute approximate surface area is 136 Å². The van der Waals surface area contributed by atoms with Crippen molar-refractivity contribution in [1.29, 1.82) is 0 Å². The minimum absolute atomic E-state index is 0.0206. The fourth-order valence-corrected chi connectivity index (χ4v) is 2.51. The zero-order chi connectivity index (χ0) is 15.9. The van der Waals surface area contributed by atoms with Crippen LogP contribution in [0.2, 0.25) is 5.02 Å². The van der Waals surface area contributed by atoms with E-state index in [4.69, 9.17) is 17.3 Å². The molecule has 3 N–H and O–H groups in total. The molecular formula is C18H21ClN2O. The third-order valence-corrected chi connectivity index (χ3v) is 3.90. The van der Waals surface area contributed by atoms with Crippen molar-refractivity contribution in [3.8, 4) is 0 Å². The second kappa shape index (κ2) is 7.97. The Morgan fingerprint density at radius 3 is 2.32 bits per heavy atom. The molecule has 0 aromatic heterocycles. The Morgan fingerprint density at radius 2 is 1.73 bits per heavy atom. The molecule has 0 heterocycles. The maximum atomic E-state index is 12.2. The van der Waals surface area contributed by atoms with Gasteiger partial charge in [-0.25, -0.2) is 0 Å². The van der Waals surface area contributed by atoms with E-state index in [-0.39, 0.29) is 24.4 Å². The van der Waals surface area contributed by atoms with Crippen LogP contribution in [0.5, 0.6) is 0 Å². The zero-order valence-corrected chi connectivity index (χ0v) is 13.4. The van der Waals surface area contributed by atoms with Crippen molar-refractivity contribution >= 4 is 17.5 Å². The topological polar surface area (TPSA) is 55.1 Å². The molecular weight excluding hydrogens is 296 g/mol. The summed E-state index contributed by atoms with van der Waals surface area (Å²) < 4.78 is 0. The number of carbonyl (C=O) groups is 1. The highest BCUT2D eigenvalue weighted by Gasteiger charge is 2.16. The van der Waals surface area contributed by atoms with E-state index in [0.717, 1.165) is 17.5 Å². The van der Waals surface area contributed by atoms with Gasteiger partial charge < -0.3 is 11.1 Å². The molecule has 1 amide bonds. The monoisotopic (exact) mass is 316 g/mol. The van der Waals surface area contributed by atoms with Crippen molar-refractivity contribution in [1.82, 2.24) is 5.32 Å². The van der Waals surface area contributed by atoms with Crippen molar-refractivity contribution in [3.05, 3.63) is 70.7 Å². The highest BCUT2D eigenvalue weighted by molar-refractivity contribution is 6.30. The van der Waals surface area contributed by atoms with Crippen LogP contribution in [-0.2, 0) is 4.79 Å². The van der Waals surface area contributed by atoms with E-state index in [1.54, 1.807) is 0 Å². The molecule has 0 spiro atoms. The number of rotatable bonds is 6. The first-order valence-corrected chi connectivity index (χ1v) is 7.83. The summed E-state index contributed by atoms with van der Waals surface area (Å²) >= 11 is 5.90. The smallest absolute Gasteiger partial charge is 0.222 e. The molecule has 0 radical (unpaired) electrons. The molecule has 0 aliphatic carbocycles. The number of benzene rings is 2. The first-order chi connectivity index (χ1) is 10.6. The molecule has 0 unspecified atom stereocenters. The van der Waals surface area contributed by atoms with Gasteiger partial charge in [0, 0.05) is 17.5 Å². The van der Waals surface area contributed by atoms with Crippen LogP contribution in [0.4, 0.5) is 0 Å². The zero-order valence-electron chi connectivity index (χ0n) is 12.6. The fourth-order valence-electron chi connectivity index (χ4n) is 2.39. The fraction of sp³-hybridized carbons (Fsp3) is 0.278. The highest BCUT2D eigenvalue weighted by atomic mass is 35.5. The summed E-state index contributed by atoms with van der Waals surface area (Å²) in [5.74, 6) is -0.0434. The maximum absolute atomic E-state index is 12.2. The van der Waals surface area contributed by atoms with Crippen LogP contribution in [0.3, 0.4) is 0 Å². The molecule has 2 atom stereocenters. The average molecular weight is 317 g/mol. The lowest BCUT2D eigenvalue weighted by Gasteiger charge is -2.19. The molecule has 0 saturated heterocycles. The first kappa shape index (κ1) is 16.5. The molecule has 0 aliphatic rings. The Kier molecular flexibility index (Phi) is 5.99. The molecule has 0 saturated carbocycles. The van der Waals surface area contributed by atoms with E-state index in [2.05, 4.69) is 5.32 Å². The summed E-state index contributed by atoms with van der Waals surface area (Å²) in [6, 6.07) is 16.9. The van der Waals surface area contributed by atoms with E-state index >= 15 is 0 Å². The van der Waals surface area contributed by atoms with Gasteiger partial charge in [0.05, 0.1) is 6.04 Å². The average Bonchev–Trinajstić information content (AvgIpc) is 2.54. The molecule has 0 aliphatic heterocycles. The number of hydrogen-bond donors (Lipinski definition) is 2. The number of carbonyl (C=O) groups excluding carboxylic acids is 1. The molecule has 3 nitrogen and oxygen atoms in total. The van der Waals surface area contributed by atoms with Crippen molar-refractivity contribution in [2.45, 2.75) is 31.8 Å².